The Morgan fingerprint density at radius 3 is 2.27 bits per heavy atom. The molecule has 26 heavy (non-hydrogen) atoms. The van der Waals surface area contributed by atoms with Crippen molar-refractivity contribution < 1.29 is 14.0 Å². The molecule has 2 aliphatic rings. The summed E-state index contributed by atoms with van der Waals surface area (Å²) < 4.78 is 5.83. The van der Waals surface area contributed by atoms with E-state index in [1.807, 2.05) is 23.1 Å². The summed E-state index contributed by atoms with van der Waals surface area (Å²) in [6.45, 7) is 5.29. The monoisotopic (exact) mass is 352 g/mol. The van der Waals surface area contributed by atoms with Crippen molar-refractivity contribution in [1.29, 1.82) is 0 Å². The summed E-state index contributed by atoms with van der Waals surface area (Å²) in [6.07, 6.45) is 2.12. The zero-order valence-corrected chi connectivity index (χ0v) is 15.0. The van der Waals surface area contributed by atoms with Crippen LogP contribution in [0.15, 0.2) is 40.8 Å². The first-order valence-corrected chi connectivity index (χ1v) is 9.33. The number of furan rings is 1. The Morgan fingerprint density at radius 1 is 1.00 bits per heavy atom. The molecule has 0 unspecified atom stereocenters. The summed E-state index contributed by atoms with van der Waals surface area (Å²) in [6, 6.07) is 10.8. The van der Waals surface area contributed by atoms with Crippen LogP contribution in [-0.4, -0.2) is 42.8 Å². The van der Waals surface area contributed by atoms with Gasteiger partial charge in [0.25, 0.3) is 5.91 Å². The molecule has 136 valence electrons. The summed E-state index contributed by atoms with van der Waals surface area (Å²) in [7, 11) is 0. The van der Waals surface area contributed by atoms with Crippen LogP contribution in [0.3, 0.4) is 0 Å². The molecule has 1 aromatic heterocycles. The molecule has 2 aliphatic heterocycles. The van der Waals surface area contributed by atoms with Crippen molar-refractivity contribution in [1.82, 2.24) is 10.2 Å². The van der Waals surface area contributed by atoms with Crippen LogP contribution >= 0.6 is 0 Å². The topological polar surface area (TPSA) is 62.6 Å². The van der Waals surface area contributed by atoms with Gasteiger partial charge in [-0.1, -0.05) is 24.3 Å². The lowest BCUT2D eigenvalue weighted by atomic mass is 9.92. The molecule has 1 aromatic carbocycles. The molecule has 0 bridgehead atoms. The maximum absolute atomic E-state index is 12.8. The number of Topliss-reactive ketones (excluding diaryl/α,β-unsaturated/α-hetero) is 1. The third-order valence-electron chi connectivity index (χ3n) is 5.70. The molecule has 0 spiro atoms. The van der Waals surface area contributed by atoms with E-state index in [0.717, 1.165) is 44.6 Å². The van der Waals surface area contributed by atoms with E-state index in [1.165, 1.54) is 0 Å². The minimum Gasteiger partial charge on any atom is -0.451 e. The Kier molecular flexibility index (Phi) is 4.64. The second kappa shape index (κ2) is 7.08. The van der Waals surface area contributed by atoms with Crippen LogP contribution < -0.4 is 5.32 Å². The van der Waals surface area contributed by atoms with Gasteiger partial charge < -0.3 is 14.6 Å². The predicted octanol–water partition coefficient (Wildman–Crippen LogP) is 3.22. The molecular formula is C21H24N2O3. The summed E-state index contributed by atoms with van der Waals surface area (Å²) in [4.78, 5) is 26.1. The molecule has 0 aliphatic carbocycles. The summed E-state index contributed by atoms with van der Waals surface area (Å²) >= 11 is 0. The zero-order valence-electron chi connectivity index (χ0n) is 15.0. The van der Waals surface area contributed by atoms with Crippen molar-refractivity contribution in [2.45, 2.75) is 19.8 Å². The first kappa shape index (κ1) is 17.0. The Morgan fingerprint density at radius 2 is 1.65 bits per heavy atom. The van der Waals surface area contributed by atoms with Crippen molar-refractivity contribution in [3.63, 3.8) is 0 Å². The van der Waals surface area contributed by atoms with Gasteiger partial charge in [0.05, 0.1) is 0 Å². The van der Waals surface area contributed by atoms with Crippen molar-refractivity contribution >= 4 is 11.7 Å². The number of carbonyl (C=O) groups is 2. The molecule has 4 rings (SSSR count). The summed E-state index contributed by atoms with van der Waals surface area (Å²) in [5.41, 5.74) is 1.53. The number of nitrogens with zero attached hydrogens (tertiary/aromatic N) is 1. The summed E-state index contributed by atoms with van der Waals surface area (Å²) in [5, 5.41) is 3.46. The minimum atomic E-state index is -0.0236. The fraction of sp³-hybridized carbons (Fsp3) is 0.429. The van der Waals surface area contributed by atoms with Gasteiger partial charge in [-0.3, -0.25) is 9.59 Å². The molecule has 2 atom stereocenters. The Bertz CT molecular complexity index is 795. The number of ketones is 1. The quantitative estimate of drug-likeness (QED) is 0.862. The number of carbonyl (C=O) groups excluding carboxylic acids is 2. The van der Waals surface area contributed by atoms with E-state index in [-0.39, 0.29) is 11.7 Å². The first-order valence-electron chi connectivity index (χ1n) is 9.33. The molecule has 5 nitrogen and oxygen atoms in total. The molecule has 2 saturated heterocycles. The second-order valence-corrected chi connectivity index (χ2v) is 7.35. The van der Waals surface area contributed by atoms with E-state index in [9.17, 15) is 9.59 Å². The van der Waals surface area contributed by atoms with E-state index < -0.39 is 0 Å². The van der Waals surface area contributed by atoms with Gasteiger partial charge in [0.2, 0.25) is 0 Å². The second-order valence-electron chi connectivity index (χ2n) is 7.35. The van der Waals surface area contributed by atoms with Crippen LogP contribution in [-0.2, 0) is 0 Å². The van der Waals surface area contributed by atoms with Gasteiger partial charge in [0.15, 0.2) is 11.5 Å². The zero-order chi connectivity index (χ0) is 18.1. The van der Waals surface area contributed by atoms with E-state index >= 15 is 0 Å². The largest absolute Gasteiger partial charge is 0.451 e. The van der Waals surface area contributed by atoms with Gasteiger partial charge in [-0.2, -0.15) is 0 Å². The average molecular weight is 352 g/mol. The smallest absolute Gasteiger partial charge is 0.289 e. The Hall–Kier alpha value is -2.40. The SMILES string of the molecule is CC(=O)c1ccc(-c2ccc(C(=O)N3CC[C@@H]4CNC[C@@H]4CC3)o2)cc1. The van der Waals surface area contributed by atoms with Crippen LogP contribution in [0.5, 0.6) is 0 Å². The molecule has 0 saturated carbocycles. The van der Waals surface area contributed by atoms with E-state index in [4.69, 9.17) is 4.42 Å². The number of likely N-dealkylation sites (tertiary alicyclic amines) is 1. The van der Waals surface area contributed by atoms with Gasteiger partial charge in [0.1, 0.15) is 5.76 Å². The molecule has 5 heteroatoms. The molecule has 3 heterocycles. The number of benzene rings is 1. The van der Waals surface area contributed by atoms with Gasteiger partial charge in [-0.05, 0) is 56.8 Å². The lowest BCUT2D eigenvalue weighted by molar-refractivity contribution is 0.0727. The fourth-order valence-corrected chi connectivity index (χ4v) is 4.05. The van der Waals surface area contributed by atoms with Crippen molar-refractivity contribution in [2.75, 3.05) is 26.2 Å². The molecule has 0 radical (unpaired) electrons. The third kappa shape index (κ3) is 3.31. The maximum atomic E-state index is 12.8. The number of amides is 1. The van der Waals surface area contributed by atoms with Crippen LogP contribution in [0.1, 0.15) is 40.7 Å². The Balaban J connectivity index is 1.47. The molecule has 1 amide bonds. The highest BCUT2D eigenvalue weighted by Gasteiger charge is 2.32. The number of hydrogen-bond acceptors (Lipinski definition) is 4. The van der Waals surface area contributed by atoms with Gasteiger partial charge in [0, 0.05) is 24.2 Å². The number of nitrogens with one attached hydrogen (secondary N) is 1. The van der Waals surface area contributed by atoms with Crippen molar-refractivity contribution in [2.24, 2.45) is 11.8 Å². The number of fused-ring (bicyclic) bond motifs is 1. The molecule has 1 N–H and O–H groups in total. The van der Waals surface area contributed by atoms with E-state index in [2.05, 4.69) is 5.32 Å². The minimum absolute atomic E-state index is 0.0236. The highest BCUT2D eigenvalue weighted by Crippen LogP contribution is 2.29. The number of rotatable bonds is 3. The third-order valence-corrected chi connectivity index (χ3v) is 5.70. The molecule has 2 aromatic rings. The first-order chi connectivity index (χ1) is 12.6. The normalized spacial score (nSPS) is 22.7. The van der Waals surface area contributed by atoms with Crippen LogP contribution in [0, 0.1) is 11.8 Å². The van der Waals surface area contributed by atoms with E-state index in [1.54, 1.807) is 25.1 Å². The predicted molar refractivity (Wildman–Crippen MR) is 99.1 cm³/mol. The lowest BCUT2D eigenvalue weighted by Crippen LogP contribution is -2.32. The van der Waals surface area contributed by atoms with Gasteiger partial charge in [-0.25, -0.2) is 0 Å². The van der Waals surface area contributed by atoms with Gasteiger partial charge in [-0.15, -0.1) is 0 Å². The maximum Gasteiger partial charge on any atom is 0.289 e. The fourth-order valence-electron chi connectivity index (χ4n) is 4.05. The van der Waals surface area contributed by atoms with Crippen molar-refractivity contribution in [3.05, 3.63) is 47.7 Å². The van der Waals surface area contributed by atoms with Crippen LogP contribution in [0.4, 0.5) is 0 Å². The van der Waals surface area contributed by atoms with E-state index in [0.29, 0.717) is 28.9 Å². The standard InChI is InChI=1S/C21H24N2O3/c1-14(24)15-2-4-16(5-3-15)19-6-7-20(26-19)21(25)23-10-8-17-12-22-13-18(17)9-11-23/h2-7,17-18,22H,8-13H2,1H3/t17-,18+. The lowest BCUT2D eigenvalue weighted by Gasteiger charge is -2.19. The summed E-state index contributed by atoms with van der Waals surface area (Å²) in [5.74, 6) is 2.44. The average Bonchev–Trinajstić information content (AvgIpc) is 3.27. The Labute approximate surface area is 153 Å². The van der Waals surface area contributed by atoms with Crippen LogP contribution in [0.2, 0.25) is 0 Å². The number of hydrogen-bond donors (Lipinski definition) is 1. The highest BCUT2D eigenvalue weighted by atomic mass is 16.4. The highest BCUT2D eigenvalue weighted by molar-refractivity contribution is 5.94. The molecule has 2 fully saturated rings. The molecular weight excluding hydrogens is 328 g/mol. The van der Waals surface area contributed by atoms with Gasteiger partial charge >= 0.3 is 0 Å². The van der Waals surface area contributed by atoms with Crippen LogP contribution in [0.25, 0.3) is 11.3 Å². The van der Waals surface area contributed by atoms with Crippen molar-refractivity contribution in [3.8, 4) is 11.3 Å².